The number of hydrogen-bond acceptors (Lipinski definition) is 5. The number of benzene rings is 1. The van der Waals surface area contributed by atoms with Crippen molar-refractivity contribution in [3.8, 4) is 0 Å². The molecule has 2 aliphatic rings. The van der Waals surface area contributed by atoms with E-state index in [2.05, 4.69) is 26.1 Å². The van der Waals surface area contributed by atoms with Crippen LogP contribution in [0.1, 0.15) is 66.5 Å². The lowest BCUT2D eigenvalue weighted by molar-refractivity contribution is -0.155. The summed E-state index contributed by atoms with van der Waals surface area (Å²) in [4.78, 5) is 42.6. The van der Waals surface area contributed by atoms with E-state index >= 15 is 0 Å². The van der Waals surface area contributed by atoms with Crippen LogP contribution >= 0.6 is 0 Å². The Kier molecular flexibility index (Phi) is 8.33. The quantitative estimate of drug-likeness (QED) is 0.419. The molecule has 2 amide bonds. The van der Waals surface area contributed by atoms with E-state index in [9.17, 15) is 19.5 Å². The van der Waals surface area contributed by atoms with Crippen LogP contribution in [-0.4, -0.2) is 52.6 Å². The van der Waals surface area contributed by atoms with Gasteiger partial charge >= 0.3 is 5.97 Å². The van der Waals surface area contributed by atoms with Gasteiger partial charge in [0.25, 0.3) is 0 Å². The highest BCUT2D eigenvalue weighted by Gasteiger charge is 2.59. The first-order valence-electron chi connectivity index (χ1n) is 13.0. The minimum Gasteiger partial charge on any atom is -0.466 e. The third-order valence-electron chi connectivity index (χ3n) is 7.16. The normalized spacial score (nSPS) is 26.9. The Morgan fingerprint density at radius 3 is 2.31 bits per heavy atom. The number of rotatable bonds is 8. The molecule has 1 saturated heterocycles. The smallest absolute Gasteiger partial charge is 0.310 e. The largest absolute Gasteiger partial charge is 0.466 e. The molecule has 198 valence electrons. The van der Waals surface area contributed by atoms with E-state index in [0.29, 0.717) is 0 Å². The number of likely N-dealkylation sites (tertiary alicyclic amines) is 1. The fourth-order valence-corrected chi connectivity index (χ4v) is 6.28. The molecule has 1 heterocycles. The average molecular weight is 499 g/mol. The minimum atomic E-state index is -0.861. The third-order valence-corrected chi connectivity index (χ3v) is 7.16. The summed E-state index contributed by atoms with van der Waals surface area (Å²) < 4.78 is 5.35. The van der Waals surface area contributed by atoms with Gasteiger partial charge in [0, 0.05) is 11.5 Å². The lowest BCUT2D eigenvalue weighted by atomic mass is 9.70. The number of fused-ring (bicyclic) bond motifs is 1. The number of esters is 1. The first-order valence-corrected chi connectivity index (χ1v) is 13.0. The molecule has 1 aliphatic carbocycles. The van der Waals surface area contributed by atoms with Gasteiger partial charge < -0.3 is 20.1 Å². The molecule has 0 spiro atoms. The van der Waals surface area contributed by atoms with Crippen LogP contribution in [0, 0.1) is 29.1 Å². The van der Waals surface area contributed by atoms with Gasteiger partial charge in [-0.15, -0.1) is 0 Å². The summed E-state index contributed by atoms with van der Waals surface area (Å²) in [5.74, 6) is -3.14. The topological polar surface area (TPSA) is 95.9 Å². The molecule has 6 atom stereocenters. The summed E-state index contributed by atoms with van der Waals surface area (Å²) in [6, 6.07) is 7.67. The van der Waals surface area contributed by atoms with Crippen LogP contribution in [0.15, 0.2) is 42.5 Å². The second kappa shape index (κ2) is 10.8. The van der Waals surface area contributed by atoms with Crippen molar-refractivity contribution in [2.24, 2.45) is 29.1 Å². The fraction of sp³-hybridized carbons (Fsp3) is 0.621. The monoisotopic (exact) mass is 498 g/mol. The zero-order valence-electron chi connectivity index (χ0n) is 22.7. The number of nitrogens with zero attached hydrogens (tertiary/aromatic N) is 1. The molecule has 0 radical (unpaired) electrons. The molecule has 7 heteroatoms. The molecular weight excluding hydrogens is 456 g/mol. The van der Waals surface area contributed by atoms with Gasteiger partial charge in [-0.2, -0.15) is 0 Å². The van der Waals surface area contributed by atoms with Crippen LogP contribution in [0.5, 0.6) is 0 Å². The molecule has 1 fully saturated rings. The first kappa shape index (κ1) is 27.9. The molecule has 0 unspecified atom stereocenters. The SMILES string of the molecule is CCOC(=O)[C@H]1[C@H]2C(=O)N([C@H](CO)c3ccccc3)[C@H](C(=O)NC(C)(C)CC(C)(C)C)[C@H]2C=C[C@H]1C. The third kappa shape index (κ3) is 5.83. The molecule has 3 rings (SSSR count). The van der Waals surface area contributed by atoms with Gasteiger partial charge in [0.15, 0.2) is 0 Å². The lowest BCUT2D eigenvalue weighted by Crippen LogP contribution is -2.55. The van der Waals surface area contributed by atoms with Gasteiger partial charge in [0.05, 0.1) is 31.1 Å². The molecular formula is C29H42N2O5. The number of amides is 2. The predicted molar refractivity (Wildman–Crippen MR) is 139 cm³/mol. The Morgan fingerprint density at radius 1 is 1.11 bits per heavy atom. The van der Waals surface area contributed by atoms with E-state index in [1.54, 1.807) is 6.92 Å². The van der Waals surface area contributed by atoms with Crippen molar-refractivity contribution in [3.05, 3.63) is 48.0 Å². The van der Waals surface area contributed by atoms with Crippen LogP contribution in [0.4, 0.5) is 0 Å². The van der Waals surface area contributed by atoms with E-state index in [1.807, 2.05) is 63.3 Å². The summed E-state index contributed by atoms with van der Waals surface area (Å²) in [6.07, 6.45) is 4.56. The van der Waals surface area contributed by atoms with Crippen molar-refractivity contribution in [2.75, 3.05) is 13.2 Å². The number of carbonyl (C=O) groups is 3. The minimum absolute atomic E-state index is 0.0165. The van der Waals surface area contributed by atoms with Crippen molar-refractivity contribution in [1.29, 1.82) is 0 Å². The maximum absolute atomic E-state index is 14.1. The van der Waals surface area contributed by atoms with Crippen molar-refractivity contribution in [3.63, 3.8) is 0 Å². The average Bonchev–Trinajstić information content (AvgIpc) is 3.05. The van der Waals surface area contributed by atoms with Gasteiger partial charge in [-0.1, -0.05) is 70.2 Å². The molecule has 2 N–H and O–H groups in total. The molecule has 1 aliphatic heterocycles. The van der Waals surface area contributed by atoms with Gasteiger partial charge in [0.2, 0.25) is 11.8 Å². The standard InChI is InChI=1S/C29H42N2O5/c1-8-36-27(35)22-18(2)14-15-20-23(22)26(34)31(21(16-32)19-12-10-9-11-13-19)24(20)25(33)30-29(6,7)17-28(3,4)5/h9-15,18,20-24,32H,8,16-17H2,1-7H3,(H,30,33)/t18-,20+,21-,22-,23+,24+/m1/s1. The van der Waals surface area contributed by atoms with Crippen molar-refractivity contribution >= 4 is 17.8 Å². The van der Waals surface area contributed by atoms with Gasteiger partial charge in [0.1, 0.15) is 6.04 Å². The second-order valence-corrected chi connectivity index (χ2v) is 12.0. The second-order valence-electron chi connectivity index (χ2n) is 12.0. The number of aliphatic hydroxyl groups is 1. The highest BCUT2D eigenvalue weighted by atomic mass is 16.5. The first-order chi connectivity index (χ1) is 16.8. The Bertz CT molecular complexity index is 981. The van der Waals surface area contributed by atoms with Crippen LogP contribution < -0.4 is 5.32 Å². The molecule has 0 bridgehead atoms. The van der Waals surface area contributed by atoms with E-state index in [0.717, 1.165) is 12.0 Å². The molecule has 0 aromatic heterocycles. The summed E-state index contributed by atoms with van der Waals surface area (Å²) >= 11 is 0. The summed E-state index contributed by atoms with van der Waals surface area (Å²) in [6.45, 7) is 13.8. The maximum atomic E-state index is 14.1. The van der Waals surface area contributed by atoms with Crippen molar-refractivity contribution in [1.82, 2.24) is 10.2 Å². The number of hydrogen-bond donors (Lipinski definition) is 2. The zero-order chi connectivity index (χ0) is 26.8. The summed E-state index contributed by atoms with van der Waals surface area (Å²) in [7, 11) is 0. The number of carbonyl (C=O) groups excluding carboxylic acids is 3. The zero-order valence-corrected chi connectivity index (χ0v) is 22.7. The number of nitrogens with one attached hydrogen (secondary N) is 1. The Labute approximate surface area is 215 Å². The van der Waals surface area contributed by atoms with Crippen LogP contribution in [0.25, 0.3) is 0 Å². The molecule has 0 saturated carbocycles. The van der Waals surface area contributed by atoms with Crippen LogP contribution in [-0.2, 0) is 19.1 Å². The predicted octanol–water partition coefficient (Wildman–Crippen LogP) is 3.88. The van der Waals surface area contributed by atoms with Crippen molar-refractivity contribution in [2.45, 2.75) is 72.5 Å². The van der Waals surface area contributed by atoms with Gasteiger partial charge in [-0.05, 0) is 44.1 Å². The number of ether oxygens (including phenoxy) is 1. The molecule has 1 aromatic rings. The number of allylic oxidation sites excluding steroid dienone is 1. The van der Waals surface area contributed by atoms with Crippen LogP contribution in [0.2, 0.25) is 0 Å². The summed E-state index contributed by atoms with van der Waals surface area (Å²) in [5, 5.41) is 13.6. The van der Waals surface area contributed by atoms with E-state index in [-0.39, 0.29) is 36.4 Å². The lowest BCUT2D eigenvalue weighted by Gasteiger charge is -2.38. The molecule has 7 nitrogen and oxygen atoms in total. The summed E-state index contributed by atoms with van der Waals surface area (Å²) in [5.41, 5.74) is 0.205. The van der Waals surface area contributed by atoms with E-state index < -0.39 is 41.3 Å². The van der Waals surface area contributed by atoms with Crippen molar-refractivity contribution < 1.29 is 24.2 Å². The molecule has 36 heavy (non-hydrogen) atoms. The Hall–Kier alpha value is -2.67. The Morgan fingerprint density at radius 2 is 1.75 bits per heavy atom. The molecule has 1 aromatic carbocycles. The number of aliphatic hydroxyl groups excluding tert-OH is 1. The van der Waals surface area contributed by atoms with Gasteiger partial charge in [-0.3, -0.25) is 14.4 Å². The Balaban J connectivity index is 2.07. The van der Waals surface area contributed by atoms with E-state index in [4.69, 9.17) is 4.74 Å². The van der Waals surface area contributed by atoms with Gasteiger partial charge in [-0.25, -0.2) is 0 Å². The highest BCUT2D eigenvalue weighted by molar-refractivity contribution is 5.96. The van der Waals surface area contributed by atoms with E-state index in [1.165, 1.54) is 4.90 Å². The highest BCUT2D eigenvalue weighted by Crippen LogP contribution is 2.47. The van der Waals surface area contributed by atoms with Crippen LogP contribution in [0.3, 0.4) is 0 Å². The maximum Gasteiger partial charge on any atom is 0.310 e. The fourth-order valence-electron chi connectivity index (χ4n) is 6.28.